The Morgan fingerprint density at radius 1 is 1.28 bits per heavy atom. The molecule has 1 fully saturated rings. The predicted octanol–water partition coefficient (Wildman–Crippen LogP) is 2.49. The number of rotatable bonds is 4. The van der Waals surface area contributed by atoms with Crippen LogP contribution >= 0.6 is 0 Å². The molecule has 0 radical (unpaired) electrons. The van der Waals surface area contributed by atoms with Gasteiger partial charge in [0.05, 0.1) is 11.5 Å². The van der Waals surface area contributed by atoms with Gasteiger partial charge in [-0.15, -0.1) is 0 Å². The van der Waals surface area contributed by atoms with Crippen LogP contribution in [0.4, 0.5) is 0 Å². The second-order valence-corrected chi connectivity index (χ2v) is 7.01. The van der Waals surface area contributed by atoms with Gasteiger partial charge in [0, 0.05) is 38.0 Å². The number of piperidine rings is 1. The van der Waals surface area contributed by atoms with Crippen LogP contribution in [0.1, 0.15) is 71.3 Å². The largest absolute Gasteiger partial charge is 0.455 e. The first-order valence-corrected chi connectivity index (χ1v) is 9.25. The molecule has 0 aromatic carbocycles. The van der Waals surface area contributed by atoms with Gasteiger partial charge in [0.25, 0.3) is 5.91 Å². The van der Waals surface area contributed by atoms with Crippen molar-refractivity contribution in [3.63, 3.8) is 0 Å². The summed E-state index contributed by atoms with van der Waals surface area (Å²) >= 11 is 0. The van der Waals surface area contributed by atoms with Gasteiger partial charge in [-0.1, -0.05) is 6.92 Å². The van der Waals surface area contributed by atoms with Crippen molar-refractivity contribution in [2.45, 2.75) is 52.4 Å². The molecule has 1 saturated heterocycles. The zero-order valence-electron chi connectivity index (χ0n) is 15.0. The van der Waals surface area contributed by atoms with Crippen LogP contribution in [0.15, 0.2) is 4.42 Å². The van der Waals surface area contributed by atoms with Gasteiger partial charge >= 0.3 is 0 Å². The van der Waals surface area contributed by atoms with Gasteiger partial charge in [-0.3, -0.25) is 14.4 Å². The van der Waals surface area contributed by atoms with Crippen molar-refractivity contribution in [1.82, 2.24) is 10.2 Å². The summed E-state index contributed by atoms with van der Waals surface area (Å²) in [6.45, 7) is 5.49. The van der Waals surface area contributed by atoms with Crippen molar-refractivity contribution in [1.29, 1.82) is 0 Å². The number of likely N-dealkylation sites (tertiary alicyclic amines) is 1. The summed E-state index contributed by atoms with van der Waals surface area (Å²) in [5.74, 6) is 0.631. The summed E-state index contributed by atoms with van der Waals surface area (Å²) in [5.41, 5.74) is 1.26. The number of carbonyl (C=O) groups is 3. The smallest absolute Gasteiger partial charge is 0.289 e. The van der Waals surface area contributed by atoms with Gasteiger partial charge in [0.15, 0.2) is 11.5 Å². The fourth-order valence-electron chi connectivity index (χ4n) is 3.76. The molecular formula is C19H26N2O4. The van der Waals surface area contributed by atoms with E-state index in [1.165, 1.54) is 0 Å². The third-order valence-corrected chi connectivity index (χ3v) is 5.13. The van der Waals surface area contributed by atoms with Gasteiger partial charge in [-0.25, -0.2) is 0 Å². The van der Waals surface area contributed by atoms with E-state index in [0.717, 1.165) is 25.7 Å². The first-order valence-electron chi connectivity index (χ1n) is 9.25. The first kappa shape index (κ1) is 17.7. The van der Waals surface area contributed by atoms with Crippen LogP contribution in [0.3, 0.4) is 0 Å². The van der Waals surface area contributed by atoms with Gasteiger partial charge in [0.2, 0.25) is 5.91 Å². The highest BCUT2D eigenvalue weighted by Gasteiger charge is 2.34. The van der Waals surface area contributed by atoms with Crippen LogP contribution in [0.5, 0.6) is 0 Å². The van der Waals surface area contributed by atoms with E-state index >= 15 is 0 Å². The number of furan rings is 1. The number of nitrogens with one attached hydrogen (secondary N) is 1. The molecule has 25 heavy (non-hydrogen) atoms. The molecule has 2 heterocycles. The summed E-state index contributed by atoms with van der Waals surface area (Å²) in [6.07, 6.45) is 4.49. The second-order valence-electron chi connectivity index (χ2n) is 7.01. The lowest BCUT2D eigenvalue weighted by Crippen LogP contribution is -2.45. The SMILES string of the molecule is CCCNC(=O)C1CCCN(C(=O)c2oc3c(c2C)C(=O)CCC3)C1. The van der Waals surface area contributed by atoms with Crippen LogP contribution in [0.25, 0.3) is 0 Å². The maximum Gasteiger partial charge on any atom is 0.289 e. The highest BCUT2D eigenvalue weighted by molar-refractivity contribution is 6.03. The first-order chi connectivity index (χ1) is 12.0. The summed E-state index contributed by atoms with van der Waals surface area (Å²) in [6, 6.07) is 0. The fourth-order valence-corrected chi connectivity index (χ4v) is 3.76. The fraction of sp³-hybridized carbons (Fsp3) is 0.632. The van der Waals surface area contributed by atoms with Crippen molar-refractivity contribution in [2.75, 3.05) is 19.6 Å². The van der Waals surface area contributed by atoms with Crippen molar-refractivity contribution in [3.05, 3.63) is 22.6 Å². The van der Waals surface area contributed by atoms with E-state index in [4.69, 9.17) is 4.42 Å². The second kappa shape index (κ2) is 7.42. The number of hydrogen-bond donors (Lipinski definition) is 1. The lowest BCUT2D eigenvalue weighted by Gasteiger charge is -2.31. The number of amides is 2. The minimum Gasteiger partial charge on any atom is -0.455 e. The number of fused-ring (bicyclic) bond motifs is 1. The van der Waals surface area contributed by atoms with Crippen molar-refractivity contribution in [3.8, 4) is 0 Å². The van der Waals surface area contributed by atoms with E-state index in [9.17, 15) is 14.4 Å². The molecule has 1 aromatic heterocycles. The predicted molar refractivity (Wildman–Crippen MR) is 92.6 cm³/mol. The molecular weight excluding hydrogens is 320 g/mol. The Kier molecular flexibility index (Phi) is 5.25. The van der Waals surface area contributed by atoms with Gasteiger partial charge in [-0.2, -0.15) is 0 Å². The Morgan fingerprint density at radius 2 is 2.08 bits per heavy atom. The Morgan fingerprint density at radius 3 is 2.80 bits per heavy atom. The molecule has 3 rings (SSSR count). The van der Waals surface area contributed by atoms with Crippen LogP contribution in [0.2, 0.25) is 0 Å². The van der Waals surface area contributed by atoms with E-state index in [2.05, 4.69) is 5.32 Å². The molecule has 1 aromatic rings. The molecule has 0 bridgehead atoms. The minimum atomic E-state index is -0.201. The van der Waals surface area contributed by atoms with Crippen LogP contribution in [-0.4, -0.2) is 42.1 Å². The number of carbonyl (C=O) groups excluding carboxylic acids is 3. The molecule has 6 heteroatoms. The molecule has 1 N–H and O–H groups in total. The number of ketones is 1. The Labute approximate surface area is 147 Å². The number of hydrogen-bond acceptors (Lipinski definition) is 4. The molecule has 1 aliphatic heterocycles. The third-order valence-electron chi connectivity index (χ3n) is 5.13. The van der Waals surface area contributed by atoms with Crippen LogP contribution in [-0.2, 0) is 11.2 Å². The van der Waals surface area contributed by atoms with Crippen LogP contribution in [0, 0.1) is 12.8 Å². The van der Waals surface area contributed by atoms with Crippen molar-refractivity contribution >= 4 is 17.6 Å². The maximum atomic E-state index is 12.9. The number of aryl methyl sites for hydroxylation is 1. The normalized spacial score (nSPS) is 20.3. The van der Waals surface area contributed by atoms with Crippen LogP contribution < -0.4 is 5.32 Å². The molecule has 2 amide bonds. The topological polar surface area (TPSA) is 79.6 Å². The Hall–Kier alpha value is -2.11. The summed E-state index contributed by atoms with van der Waals surface area (Å²) in [5, 5.41) is 2.91. The maximum absolute atomic E-state index is 12.9. The van der Waals surface area contributed by atoms with Crippen molar-refractivity contribution in [2.24, 2.45) is 5.92 Å². The quantitative estimate of drug-likeness (QED) is 0.908. The molecule has 6 nitrogen and oxygen atoms in total. The summed E-state index contributed by atoms with van der Waals surface area (Å²) in [7, 11) is 0. The van der Waals surface area contributed by atoms with E-state index in [1.54, 1.807) is 11.8 Å². The summed E-state index contributed by atoms with van der Waals surface area (Å²) in [4.78, 5) is 38.9. The van der Waals surface area contributed by atoms with Gasteiger partial charge in [0.1, 0.15) is 5.76 Å². The molecule has 0 saturated carbocycles. The number of Topliss-reactive ketones (excluding diaryl/α,β-unsaturated/α-hetero) is 1. The summed E-state index contributed by atoms with van der Waals surface area (Å²) < 4.78 is 5.77. The highest BCUT2D eigenvalue weighted by atomic mass is 16.4. The minimum absolute atomic E-state index is 0.0185. The van der Waals surface area contributed by atoms with E-state index in [0.29, 0.717) is 49.4 Å². The molecule has 2 aliphatic rings. The van der Waals surface area contributed by atoms with E-state index in [-0.39, 0.29) is 29.3 Å². The molecule has 136 valence electrons. The average molecular weight is 346 g/mol. The highest BCUT2D eigenvalue weighted by Crippen LogP contribution is 2.30. The zero-order chi connectivity index (χ0) is 18.0. The monoisotopic (exact) mass is 346 g/mol. The van der Waals surface area contributed by atoms with Gasteiger partial charge < -0.3 is 14.6 Å². The Bertz CT molecular complexity index is 692. The van der Waals surface area contributed by atoms with Crippen molar-refractivity contribution < 1.29 is 18.8 Å². The van der Waals surface area contributed by atoms with E-state index in [1.807, 2.05) is 6.92 Å². The Balaban J connectivity index is 1.75. The number of nitrogens with zero attached hydrogens (tertiary/aromatic N) is 1. The molecule has 1 atom stereocenters. The molecule has 1 unspecified atom stereocenters. The molecule has 0 spiro atoms. The van der Waals surface area contributed by atoms with Gasteiger partial charge in [-0.05, 0) is 32.6 Å². The molecule has 1 aliphatic carbocycles. The third kappa shape index (κ3) is 3.48. The van der Waals surface area contributed by atoms with E-state index < -0.39 is 0 Å². The lowest BCUT2D eigenvalue weighted by atomic mass is 9.93. The average Bonchev–Trinajstić information content (AvgIpc) is 2.97. The lowest BCUT2D eigenvalue weighted by molar-refractivity contribution is -0.126. The zero-order valence-corrected chi connectivity index (χ0v) is 15.0. The standard InChI is InChI=1S/C19H26N2O4/c1-3-9-20-18(23)13-6-5-10-21(11-13)19(24)17-12(2)16-14(22)7-4-8-15(16)25-17/h13H,3-11H2,1-2H3,(H,20,23).